The van der Waals surface area contributed by atoms with Gasteiger partial charge in [0, 0.05) is 33.0 Å². The van der Waals surface area contributed by atoms with Crippen molar-refractivity contribution in [2.45, 2.75) is 20.4 Å². The van der Waals surface area contributed by atoms with E-state index in [4.69, 9.17) is 0 Å². The van der Waals surface area contributed by atoms with E-state index in [0.29, 0.717) is 18.3 Å². The first kappa shape index (κ1) is 11.7. The van der Waals surface area contributed by atoms with Gasteiger partial charge in [-0.25, -0.2) is 9.99 Å². The molecule has 0 saturated carbocycles. The lowest BCUT2D eigenvalue weighted by molar-refractivity contribution is 0.480. The van der Waals surface area contributed by atoms with Gasteiger partial charge in [0.25, 0.3) is 5.56 Å². The number of nitrogens with zero attached hydrogens (tertiary/aromatic N) is 3. The van der Waals surface area contributed by atoms with E-state index in [2.05, 4.69) is 24.3 Å². The van der Waals surface area contributed by atoms with Crippen molar-refractivity contribution < 1.29 is 0 Å². The molecule has 1 aromatic heterocycles. The molecule has 0 atom stereocenters. The lowest BCUT2D eigenvalue weighted by Gasteiger charge is -2.14. The largest absolute Gasteiger partial charge is 0.311 e. The van der Waals surface area contributed by atoms with Crippen molar-refractivity contribution >= 4 is 5.82 Å². The van der Waals surface area contributed by atoms with E-state index < -0.39 is 0 Å². The van der Waals surface area contributed by atoms with Crippen molar-refractivity contribution in [1.29, 1.82) is 0 Å². The van der Waals surface area contributed by atoms with Crippen molar-refractivity contribution in [2.24, 2.45) is 5.92 Å². The van der Waals surface area contributed by atoms with Crippen molar-refractivity contribution in [3.8, 4) is 0 Å². The predicted octanol–water partition coefficient (Wildman–Crippen LogP) is 0.788. The Bertz CT molecular complexity index is 339. The maximum absolute atomic E-state index is 11.9. The zero-order valence-electron chi connectivity index (χ0n) is 9.69. The molecular weight excluding hydrogens is 192 g/mol. The first-order valence-electron chi connectivity index (χ1n) is 5.00. The van der Waals surface area contributed by atoms with Crippen LogP contribution in [0.15, 0.2) is 17.2 Å². The fraction of sp³-hybridized carbons (Fsp3) is 0.600. The molecule has 5 heteroatoms. The maximum atomic E-state index is 11.9. The van der Waals surface area contributed by atoms with Gasteiger partial charge in [-0.3, -0.25) is 10.2 Å². The highest BCUT2D eigenvalue weighted by molar-refractivity contribution is 5.28. The summed E-state index contributed by atoms with van der Waals surface area (Å²) < 4.78 is 1.67. The summed E-state index contributed by atoms with van der Waals surface area (Å²) >= 11 is 0. The quantitative estimate of drug-likeness (QED) is 0.746. The second kappa shape index (κ2) is 4.93. The highest BCUT2D eigenvalue weighted by Crippen LogP contribution is 1.98. The number of rotatable bonds is 4. The van der Waals surface area contributed by atoms with Gasteiger partial charge in [-0.1, -0.05) is 13.8 Å². The molecule has 84 valence electrons. The van der Waals surface area contributed by atoms with Crippen LogP contribution in [0.1, 0.15) is 13.8 Å². The van der Waals surface area contributed by atoms with E-state index in [1.54, 1.807) is 22.0 Å². The van der Waals surface area contributed by atoms with E-state index >= 15 is 0 Å². The van der Waals surface area contributed by atoms with Crippen LogP contribution in [0.4, 0.5) is 5.82 Å². The zero-order chi connectivity index (χ0) is 11.4. The Labute approximate surface area is 89.7 Å². The molecule has 0 aliphatic carbocycles. The van der Waals surface area contributed by atoms with Crippen LogP contribution in [0, 0.1) is 5.92 Å². The molecule has 1 heterocycles. The molecule has 0 bridgehead atoms. The summed E-state index contributed by atoms with van der Waals surface area (Å²) in [5, 5.41) is 1.70. The maximum Gasteiger partial charge on any atom is 0.294 e. The van der Waals surface area contributed by atoms with Gasteiger partial charge in [-0.15, -0.1) is 0 Å². The minimum Gasteiger partial charge on any atom is -0.311 e. The van der Waals surface area contributed by atoms with Crippen LogP contribution in [0.5, 0.6) is 0 Å². The number of hydrogen-bond acceptors (Lipinski definition) is 4. The van der Waals surface area contributed by atoms with Crippen molar-refractivity contribution in [1.82, 2.24) is 14.6 Å². The summed E-state index contributed by atoms with van der Waals surface area (Å²) in [6.45, 7) is 4.86. The molecule has 0 fully saturated rings. The zero-order valence-corrected chi connectivity index (χ0v) is 9.69. The van der Waals surface area contributed by atoms with E-state index in [1.165, 1.54) is 0 Å². The third-order valence-electron chi connectivity index (χ3n) is 1.81. The van der Waals surface area contributed by atoms with Crippen LogP contribution in [-0.4, -0.2) is 28.7 Å². The molecule has 5 nitrogen and oxygen atoms in total. The van der Waals surface area contributed by atoms with Crippen LogP contribution < -0.4 is 11.0 Å². The van der Waals surface area contributed by atoms with E-state index in [1.807, 2.05) is 14.1 Å². The Kier molecular flexibility index (Phi) is 3.85. The molecule has 0 spiro atoms. The topological polar surface area (TPSA) is 50.2 Å². The molecule has 0 aromatic carbocycles. The highest BCUT2D eigenvalue weighted by Gasteiger charge is 2.05. The number of hydrazine groups is 1. The van der Waals surface area contributed by atoms with Gasteiger partial charge < -0.3 is 4.57 Å². The van der Waals surface area contributed by atoms with Crippen LogP contribution in [0.3, 0.4) is 0 Å². The number of aromatic nitrogens is 2. The molecule has 0 aliphatic heterocycles. The standard InChI is InChI=1S/C10H18N4O/c1-8(2)7-14-6-5-11-9(10(14)15)12-13(3)4/h5-6,8H,7H2,1-4H3,(H,11,12). The van der Waals surface area contributed by atoms with E-state index in [-0.39, 0.29) is 5.56 Å². The molecule has 1 N–H and O–H groups in total. The summed E-state index contributed by atoms with van der Waals surface area (Å²) in [4.78, 5) is 15.9. The molecule has 0 aliphatic rings. The number of hydrogen-bond donors (Lipinski definition) is 1. The Morgan fingerprint density at radius 2 is 2.20 bits per heavy atom. The SMILES string of the molecule is CC(C)Cn1ccnc(NN(C)C)c1=O. The van der Waals surface area contributed by atoms with Crippen molar-refractivity contribution in [2.75, 3.05) is 19.5 Å². The minimum atomic E-state index is -0.0834. The van der Waals surface area contributed by atoms with Gasteiger partial charge in [-0.2, -0.15) is 0 Å². The molecule has 1 aromatic rings. The van der Waals surface area contributed by atoms with E-state index in [9.17, 15) is 4.79 Å². The van der Waals surface area contributed by atoms with Crippen LogP contribution in [0.25, 0.3) is 0 Å². The fourth-order valence-corrected chi connectivity index (χ4v) is 1.27. The smallest absolute Gasteiger partial charge is 0.294 e. The average molecular weight is 210 g/mol. The minimum absolute atomic E-state index is 0.0834. The molecule has 15 heavy (non-hydrogen) atoms. The predicted molar refractivity (Wildman–Crippen MR) is 60.6 cm³/mol. The van der Waals surface area contributed by atoms with Gasteiger partial charge in [0.05, 0.1) is 0 Å². The fourth-order valence-electron chi connectivity index (χ4n) is 1.27. The van der Waals surface area contributed by atoms with Crippen LogP contribution >= 0.6 is 0 Å². The second-order valence-electron chi connectivity index (χ2n) is 4.13. The van der Waals surface area contributed by atoms with Gasteiger partial charge in [0.15, 0.2) is 0 Å². The number of anilines is 1. The summed E-state index contributed by atoms with van der Waals surface area (Å²) in [5.74, 6) is 0.806. The Balaban J connectivity index is 2.95. The molecule has 0 unspecified atom stereocenters. The third-order valence-corrected chi connectivity index (χ3v) is 1.81. The van der Waals surface area contributed by atoms with Gasteiger partial charge >= 0.3 is 0 Å². The first-order valence-corrected chi connectivity index (χ1v) is 5.00. The highest BCUT2D eigenvalue weighted by atomic mass is 16.1. The molecule has 0 radical (unpaired) electrons. The van der Waals surface area contributed by atoms with Gasteiger partial charge in [0.1, 0.15) is 0 Å². The lowest BCUT2D eigenvalue weighted by Crippen LogP contribution is -2.30. The van der Waals surface area contributed by atoms with E-state index in [0.717, 1.165) is 0 Å². The number of nitrogens with one attached hydrogen (secondary N) is 1. The first-order chi connectivity index (χ1) is 7.00. The monoisotopic (exact) mass is 210 g/mol. The normalized spacial score (nSPS) is 11.1. The molecular formula is C10H18N4O. The average Bonchev–Trinajstić information content (AvgIpc) is 2.10. The summed E-state index contributed by atoms with van der Waals surface area (Å²) in [6, 6.07) is 0. The Morgan fingerprint density at radius 3 is 2.73 bits per heavy atom. The molecule has 1 rings (SSSR count). The second-order valence-corrected chi connectivity index (χ2v) is 4.13. The Hall–Kier alpha value is -1.36. The summed E-state index contributed by atoms with van der Waals surface area (Å²) in [6.07, 6.45) is 3.35. The van der Waals surface area contributed by atoms with Crippen LogP contribution in [-0.2, 0) is 6.54 Å². The molecule has 0 saturated heterocycles. The van der Waals surface area contributed by atoms with Crippen molar-refractivity contribution in [3.05, 3.63) is 22.7 Å². The summed E-state index contributed by atoms with van der Waals surface area (Å²) in [5.41, 5.74) is 2.79. The third kappa shape index (κ3) is 3.36. The van der Waals surface area contributed by atoms with Crippen molar-refractivity contribution in [3.63, 3.8) is 0 Å². The Morgan fingerprint density at radius 1 is 1.53 bits per heavy atom. The molecule has 0 amide bonds. The lowest BCUT2D eigenvalue weighted by atomic mass is 10.2. The van der Waals surface area contributed by atoms with Gasteiger partial charge in [0.2, 0.25) is 5.82 Å². The summed E-state index contributed by atoms with van der Waals surface area (Å²) in [7, 11) is 3.64. The van der Waals surface area contributed by atoms with Crippen LogP contribution in [0.2, 0.25) is 0 Å². The van der Waals surface area contributed by atoms with Gasteiger partial charge in [-0.05, 0) is 5.92 Å².